The molecule has 0 bridgehead atoms. The lowest BCUT2D eigenvalue weighted by molar-refractivity contribution is 0.582. The number of aryl methyl sites for hydroxylation is 1. The summed E-state index contributed by atoms with van der Waals surface area (Å²) in [6, 6.07) is 11.3. The van der Waals surface area contributed by atoms with E-state index in [1.807, 2.05) is 30.3 Å². The minimum atomic E-state index is -0.174. The maximum absolute atomic E-state index is 13.9. The highest BCUT2D eigenvalue weighted by Crippen LogP contribution is 2.28. The summed E-state index contributed by atoms with van der Waals surface area (Å²) < 4.78 is 14.9. The van der Waals surface area contributed by atoms with Crippen molar-refractivity contribution in [3.8, 4) is 0 Å². The van der Waals surface area contributed by atoms with Gasteiger partial charge in [-0.25, -0.2) is 4.39 Å². The fourth-order valence-electron chi connectivity index (χ4n) is 2.20. The molecule has 1 N–H and O–H groups in total. The molecule has 4 heteroatoms. The van der Waals surface area contributed by atoms with Gasteiger partial charge in [0.15, 0.2) is 0 Å². The normalized spacial score (nSPS) is 12.4. The molecule has 21 heavy (non-hydrogen) atoms. The topological polar surface area (TPSA) is 12.0 Å². The van der Waals surface area contributed by atoms with Crippen LogP contribution >= 0.6 is 34.2 Å². The minimum absolute atomic E-state index is 0.0467. The van der Waals surface area contributed by atoms with Crippen LogP contribution in [0.25, 0.3) is 0 Å². The zero-order chi connectivity index (χ0) is 15.4. The van der Waals surface area contributed by atoms with Crippen molar-refractivity contribution in [2.45, 2.75) is 26.3 Å². The van der Waals surface area contributed by atoms with Crippen molar-refractivity contribution in [2.75, 3.05) is 6.54 Å². The van der Waals surface area contributed by atoms with E-state index in [9.17, 15) is 4.39 Å². The Balaban J connectivity index is 2.41. The second-order valence-corrected chi connectivity index (χ2v) is 6.64. The van der Waals surface area contributed by atoms with Gasteiger partial charge in [0.2, 0.25) is 0 Å². The van der Waals surface area contributed by atoms with Crippen LogP contribution in [0.2, 0.25) is 5.02 Å². The van der Waals surface area contributed by atoms with Crippen LogP contribution in [0, 0.1) is 16.3 Å². The Morgan fingerprint density at radius 2 is 1.86 bits per heavy atom. The average Bonchev–Trinajstić information content (AvgIpc) is 2.46. The largest absolute Gasteiger partial charge is 0.306 e. The molecule has 112 valence electrons. The first kappa shape index (κ1) is 16.7. The van der Waals surface area contributed by atoms with Crippen LogP contribution in [0.5, 0.6) is 0 Å². The van der Waals surface area contributed by atoms with E-state index in [4.69, 9.17) is 11.6 Å². The van der Waals surface area contributed by atoms with Gasteiger partial charge >= 0.3 is 0 Å². The van der Waals surface area contributed by atoms with Gasteiger partial charge in [0.25, 0.3) is 0 Å². The van der Waals surface area contributed by atoms with Gasteiger partial charge in [0.1, 0.15) is 5.82 Å². The number of benzene rings is 2. The van der Waals surface area contributed by atoms with Gasteiger partial charge in [-0.15, -0.1) is 0 Å². The van der Waals surface area contributed by atoms with Crippen LogP contribution in [-0.4, -0.2) is 6.54 Å². The summed E-state index contributed by atoms with van der Waals surface area (Å²) in [4.78, 5) is 0. The summed E-state index contributed by atoms with van der Waals surface area (Å²) in [6.07, 6.45) is 1.02. The Morgan fingerprint density at radius 1 is 1.19 bits per heavy atom. The molecule has 0 aliphatic rings. The molecule has 1 atom stereocenters. The highest BCUT2D eigenvalue weighted by molar-refractivity contribution is 14.1. The van der Waals surface area contributed by atoms with Crippen LogP contribution in [0.15, 0.2) is 36.4 Å². The van der Waals surface area contributed by atoms with Gasteiger partial charge in [-0.1, -0.05) is 36.7 Å². The van der Waals surface area contributed by atoms with Gasteiger partial charge < -0.3 is 5.32 Å². The molecular weight excluding hydrogens is 400 g/mol. The first-order chi connectivity index (χ1) is 10.0. The summed E-state index contributed by atoms with van der Waals surface area (Å²) >= 11 is 8.43. The number of hydrogen-bond acceptors (Lipinski definition) is 1. The van der Waals surface area contributed by atoms with E-state index < -0.39 is 0 Å². The molecule has 0 saturated carbocycles. The summed E-state index contributed by atoms with van der Waals surface area (Å²) in [7, 11) is 0. The monoisotopic (exact) mass is 417 g/mol. The number of hydrogen-bond donors (Lipinski definition) is 1. The third-order valence-corrected chi connectivity index (χ3v) is 4.98. The maximum atomic E-state index is 13.9. The van der Waals surface area contributed by atoms with E-state index in [1.165, 1.54) is 0 Å². The van der Waals surface area contributed by atoms with E-state index in [-0.39, 0.29) is 11.9 Å². The number of halogens is 3. The Morgan fingerprint density at radius 3 is 2.48 bits per heavy atom. The molecule has 0 radical (unpaired) electrons. The molecule has 0 fully saturated rings. The first-order valence-corrected chi connectivity index (χ1v) is 8.43. The van der Waals surface area contributed by atoms with Crippen molar-refractivity contribution in [2.24, 2.45) is 0 Å². The van der Waals surface area contributed by atoms with Crippen molar-refractivity contribution >= 4 is 34.2 Å². The summed E-state index contributed by atoms with van der Waals surface area (Å²) in [5.41, 5.74) is 2.63. The second kappa shape index (κ2) is 7.56. The van der Waals surface area contributed by atoms with Crippen LogP contribution in [0.3, 0.4) is 0 Å². The molecule has 0 saturated heterocycles. The smallest absolute Gasteiger partial charge is 0.126 e. The zero-order valence-electron chi connectivity index (χ0n) is 12.1. The van der Waals surface area contributed by atoms with Crippen LogP contribution in [0.4, 0.5) is 4.39 Å². The van der Waals surface area contributed by atoms with Crippen LogP contribution < -0.4 is 5.32 Å². The van der Waals surface area contributed by atoms with Gasteiger partial charge in [0, 0.05) is 3.57 Å². The fraction of sp³-hybridized carbons (Fsp3) is 0.294. The van der Waals surface area contributed by atoms with E-state index in [0.717, 1.165) is 32.7 Å². The lowest BCUT2D eigenvalue weighted by atomic mass is 9.97. The molecule has 1 nitrogen and oxygen atoms in total. The highest BCUT2D eigenvalue weighted by atomic mass is 127. The molecule has 0 aromatic heterocycles. The molecule has 2 aromatic carbocycles. The van der Waals surface area contributed by atoms with Gasteiger partial charge in [0.05, 0.1) is 11.1 Å². The summed E-state index contributed by atoms with van der Waals surface area (Å²) in [5, 5.41) is 4.19. The third kappa shape index (κ3) is 4.18. The maximum Gasteiger partial charge on any atom is 0.126 e. The van der Waals surface area contributed by atoms with E-state index in [2.05, 4.69) is 34.8 Å². The van der Waals surface area contributed by atoms with Crippen molar-refractivity contribution in [1.29, 1.82) is 0 Å². The predicted octanol–water partition coefficient (Wildman–Crippen LogP) is 5.48. The molecule has 2 aromatic rings. The Kier molecular flexibility index (Phi) is 6.02. The predicted molar refractivity (Wildman–Crippen MR) is 95.4 cm³/mol. The molecule has 1 unspecified atom stereocenters. The first-order valence-electron chi connectivity index (χ1n) is 6.97. The van der Waals surface area contributed by atoms with Gasteiger partial charge in [-0.05, 0) is 77.4 Å². The van der Waals surface area contributed by atoms with E-state index >= 15 is 0 Å². The van der Waals surface area contributed by atoms with Crippen molar-refractivity contribution in [3.63, 3.8) is 0 Å². The van der Waals surface area contributed by atoms with Crippen molar-refractivity contribution in [1.82, 2.24) is 5.32 Å². The molecular formula is C17H18ClFIN. The lowest BCUT2D eigenvalue weighted by Gasteiger charge is -2.20. The second-order valence-electron chi connectivity index (χ2n) is 5.07. The van der Waals surface area contributed by atoms with Crippen LogP contribution in [0.1, 0.15) is 36.1 Å². The Labute approximate surface area is 144 Å². The Bertz CT molecular complexity index is 579. The summed E-state index contributed by atoms with van der Waals surface area (Å²) in [5.74, 6) is -0.174. The number of nitrogens with one attached hydrogen (secondary N) is 1. The highest BCUT2D eigenvalue weighted by Gasteiger charge is 2.15. The zero-order valence-corrected chi connectivity index (χ0v) is 15.0. The standard InChI is InChI=1S/C17H18ClFIN/c1-3-8-21-17(12-6-7-16(20)14(18)9-12)13-5-4-11(2)15(19)10-13/h4-7,9-10,17,21H,3,8H2,1-2H3. The molecule has 0 aliphatic heterocycles. The molecule has 0 aliphatic carbocycles. The fourth-order valence-corrected chi connectivity index (χ4v) is 2.72. The lowest BCUT2D eigenvalue weighted by Crippen LogP contribution is -2.23. The molecule has 0 amide bonds. The van der Waals surface area contributed by atoms with Crippen LogP contribution in [-0.2, 0) is 0 Å². The molecule has 0 spiro atoms. The van der Waals surface area contributed by atoms with Gasteiger partial charge in [-0.3, -0.25) is 0 Å². The average molecular weight is 418 g/mol. The summed E-state index contributed by atoms with van der Waals surface area (Å²) in [6.45, 7) is 4.75. The van der Waals surface area contributed by atoms with Crippen molar-refractivity contribution < 1.29 is 4.39 Å². The molecule has 2 rings (SSSR count). The van der Waals surface area contributed by atoms with Crippen molar-refractivity contribution in [3.05, 3.63) is 67.5 Å². The SMILES string of the molecule is CCCNC(c1ccc(C)c(F)c1)c1ccc(I)c(Cl)c1. The van der Waals surface area contributed by atoms with E-state index in [1.54, 1.807) is 13.0 Å². The quantitative estimate of drug-likeness (QED) is 0.635. The molecule has 0 heterocycles. The number of rotatable bonds is 5. The van der Waals surface area contributed by atoms with E-state index in [0.29, 0.717) is 5.56 Å². The minimum Gasteiger partial charge on any atom is -0.306 e. The van der Waals surface area contributed by atoms with Gasteiger partial charge in [-0.2, -0.15) is 0 Å². The Hall–Kier alpha value is -0.650. The third-order valence-electron chi connectivity index (χ3n) is 3.40.